The number of hydrogen-bond donors (Lipinski definition) is 1. The number of halogens is 1. The third kappa shape index (κ3) is 4.27. The first-order valence-electron chi connectivity index (χ1n) is 11.0. The second kappa shape index (κ2) is 9.28. The summed E-state index contributed by atoms with van der Waals surface area (Å²) in [6, 6.07) is 14.8. The van der Waals surface area contributed by atoms with E-state index in [2.05, 4.69) is 14.9 Å². The Hall–Kier alpha value is -3.69. The van der Waals surface area contributed by atoms with Crippen LogP contribution in [0.4, 0.5) is 4.39 Å². The number of pyridine rings is 1. The van der Waals surface area contributed by atoms with Crippen molar-refractivity contribution in [3.8, 4) is 5.69 Å². The highest BCUT2D eigenvalue weighted by Gasteiger charge is 2.23. The van der Waals surface area contributed by atoms with Crippen molar-refractivity contribution < 1.29 is 9.18 Å². The van der Waals surface area contributed by atoms with Crippen LogP contribution < -0.4 is 5.56 Å². The highest BCUT2D eigenvalue weighted by molar-refractivity contribution is 7.71. The van der Waals surface area contributed by atoms with Crippen molar-refractivity contribution >= 4 is 29.0 Å². The molecule has 9 heteroatoms. The average Bonchev–Trinajstić information content (AvgIpc) is 2.85. The lowest BCUT2D eigenvalue weighted by Crippen LogP contribution is -2.48. The Morgan fingerprint density at radius 2 is 1.85 bits per heavy atom. The van der Waals surface area contributed by atoms with Crippen LogP contribution in [-0.2, 0) is 6.54 Å². The highest BCUT2D eigenvalue weighted by Crippen LogP contribution is 2.17. The van der Waals surface area contributed by atoms with E-state index < -0.39 is 11.4 Å². The van der Waals surface area contributed by atoms with Crippen LogP contribution in [0.1, 0.15) is 15.9 Å². The maximum Gasteiger partial charge on any atom is 0.266 e. The number of aromatic nitrogens is 3. The van der Waals surface area contributed by atoms with E-state index in [0.29, 0.717) is 29.6 Å². The standard InChI is InChI=1S/C25H22FN5O2S/c26-20-5-1-2-6-22(20)31-24(33)19-8-7-18(14-21(19)28-25(31)34)23(32)30-12-10-29(11-13-30)16-17-4-3-9-27-15-17/h1-9,14-15H,10-13,16H2,(H,28,34). The van der Waals surface area contributed by atoms with E-state index in [1.807, 2.05) is 23.2 Å². The molecule has 0 atom stereocenters. The van der Waals surface area contributed by atoms with Gasteiger partial charge >= 0.3 is 0 Å². The molecule has 7 nitrogen and oxygen atoms in total. The van der Waals surface area contributed by atoms with Gasteiger partial charge in [-0.3, -0.25) is 19.5 Å². The Balaban J connectivity index is 1.36. The summed E-state index contributed by atoms with van der Waals surface area (Å²) in [6.45, 7) is 3.56. The van der Waals surface area contributed by atoms with Crippen LogP contribution >= 0.6 is 12.2 Å². The van der Waals surface area contributed by atoms with Gasteiger partial charge in [0.05, 0.1) is 16.6 Å². The SMILES string of the molecule is O=C(c1ccc2c(=O)n(-c3ccccc3F)c(=S)[nH]c2c1)N1CCN(Cc2cccnc2)CC1. The van der Waals surface area contributed by atoms with Gasteiger partial charge in [-0.2, -0.15) is 0 Å². The lowest BCUT2D eigenvalue weighted by Gasteiger charge is -2.34. The number of aromatic amines is 1. The first-order valence-corrected chi connectivity index (χ1v) is 11.4. The zero-order valence-corrected chi connectivity index (χ0v) is 19.1. The van der Waals surface area contributed by atoms with Crippen LogP contribution in [0.5, 0.6) is 0 Å². The summed E-state index contributed by atoms with van der Waals surface area (Å²) in [5.41, 5.74) is 1.71. The quantitative estimate of drug-likeness (QED) is 0.457. The molecule has 0 saturated carbocycles. The predicted molar refractivity (Wildman–Crippen MR) is 130 cm³/mol. The number of hydrogen-bond acceptors (Lipinski definition) is 5. The molecule has 1 N–H and O–H groups in total. The number of nitrogens with zero attached hydrogens (tertiary/aromatic N) is 4. The van der Waals surface area contributed by atoms with Gasteiger partial charge < -0.3 is 9.88 Å². The van der Waals surface area contributed by atoms with Crippen molar-refractivity contribution in [1.82, 2.24) is 24.3 Å². The summed E-state index contributed by atoms with van der Waals surface area (Å²) >= 11 is 5.34. The number of fused-ring (bicyclic) bond motifs is 1. The number of H-pyrrole nitrogens is 1. The van der Waals surface area contributed by atoms with Crippen LogP contribution in [0.25, 0.3) is 16.6 Å². The molecule has 0 spiro atoms. The van der Waals surface area contributed by atoms with E-state index in [4.69, 9.17) is 12.2 Å². The largest absolute Gasteiger partial charge is 0.336 e. The summed E-state index contributed by atoms with van der Waals surface area (Å²) in [5, 5.41) is 0.328. The molecule has 1 aliphatic rings. The van der Waals surface area contributed by atoms with Gasteiger partial charge in [-0.25, -0.2) is 8.96 Å². The van der Waals surface area contributed by atoms with E-state index >= 15 is 0 Å². The fourth-order valence-electron chi connectivity index (χ4n) is 4.24. The molecule has 34 heavy (non-hydrogen) atoms. The number of benzene rings is 2. The van der Waals surface area contributed by atoms with Crippen molar-refractivity contribution in [2.24, 2.45) is 0 Å². The molecule has 3 heterocycles. The monoisotopic (exact) mass is 475 g/mol. The maximum atomic E-state index is 14.3. The molecule has 172 valence electrons. The Bertz CT molecular complexity index is 1480. The van der Waals surface area contributed by atoms with Crippen molar-refractivity contribution in [3.63, 3.8) is 0 Å². The van der Waals surface area contributed by atoms with Crippen molar-refractivity contribution in [3.05, 3.63) is 99.1 Å². The van der Waals surface area contributed by atoms with Crippen LogP contribution in [0.2, 0.25) is 0 Å². The van der Waals surface area contributed by atoms with Crippen LogP contribution in [0.3, 0.4) is 0 Å². The van der Waals surface area contributed by atoms with Gasteiger partial charge in [0.1, 0.15) is 5.82 Å². The molecule has 0 radical (unpaired) electrons. The van der Waals surface area contributed by atoms with E-state index in [-0.39, 0.29) is 16.4 Å². The second-order valence-corrected chi connectivity index (χ2v) is 8.60. The van der Waals surface area contributed by atoms with Crippen LogP contribution in [0.15, 0.2) is 71.8 Å². The van der Waals surface area contributed by atoms with Gasteiger partial charge in [0.15, 0.2) is 4.77 Å². The minimum absolute atomic E-state index is 0.0659. The van der Waals surface area contributed by atoms with E-state index in [1.165, 1.54) is 12.1 Å². The van der Waals surface area contributed by atoms with Crippen molar-refractivity contribution in [2.75, 3.05) is 26.2 Å². The lowest BCUT2D eigenvalue weighted by molar-refractivity contribution is 0.0628. The maximum absolute atomic E-state index is 14.3. The average molecular weight is 476 g/mol. The fourth-order valence-corrected chi connectivity index (χ4v) is 4.54. The Morgan fingerprint density at radius 1 is 1.06 bits per heavy atom. The molecule has 5 rings (SSSR count). The molecule has 2 aromatic carbocycles. The molecule has 4 aromatic rings. The Morgan fingerprint density at radius 3 is 2.59 bits per heavy atom. The topological polar surface area (TPSA) is 74.2 Å². The van der Waals surface area contributed by atoms with E-state index in [0.717, 1.165) is 29.8 Å². The number of para-hydroxylation sites is 1. The molecular weight excluding hydrogens is 453 g/mol. The Kier molecular flexibility index (Phi) is 6.04. The number of carbonyl (C=O) groups excluding carboxylic acids is 1. The van der Waals surface area contributed by atoms with Crippen molar-refractivity contribution in [2.45, 2.75) is 6.54 Å². The highest BCUT2D eigenvalue weighted by atomic mass is 32.1. The normalized spacial score (nSPS) is 14.4. The molecule has 0 unspecified atom stereocenters. The first kappa shape index (κ1) is 22.1. The smallest absolute Gasteiger partial charge is 0.266 e. The third-order valence-corrected chi connectivity index (χ3v) is 6.31. The lowest BCUT2D eigenvalue weighted by atomic mass is 10.1. The second-order valence-electron chi connectivity index (χ2n) is 8.21. The zero-order chi connectivity index (χ0) is 23.7. The molecule has 0 aliphatic carbocycles. The summed E-state index contributed by atoms with van der Waals surface area (Å²) in [4.78, 5) is 37.5. The fraction of sp³-hybridized carbons (Fsp3) is 0.200. The van der Waals surface area contributed by atoms with Crippen molar-refractivity contribution in [1.29, 1.82) is 0 Å². The molecule has 1 fully saturated rings. The molecule has 1 amide bonds. The predicted octanol–water partition coefficient (Wildman–Crippen LogP) is 3.54. The number of carbonyl (C=O) groups is 1. The summed E-state index contributed by atoms with van der Waals surface area (Å²) in [6.07, 6.45) is 3.61. The molecule has 0 bridgehead atoms. The van der Waals surface area contributed by atoms with Gasteiger partial charge in [0.25, 0.3) is 11.5 Å². The molecular formula is C25H22FN5O2S. The molecule has 1 saturated heterocycles. The van der Waals surface area contributed by atoms with Crippen LogP contribution in [0, 0.1) is 10.6 Å². The van der Waals surface area contributed by atoms with Gasteiger partial charge in [0, 0.05) is 50.7 Å². The Labute approximate surface area is 200 Å². The van der Waals surface area contributed by atoms with Gasteiger partial charge in [0.2, 0.25) is 0 Å². The minimum Gasteiger partial charge on any atom is -0.336 e. The van der Waals surface area contributed by atoms with Crippen LogP contribution in [-0.4, -0.2) is 56.4 Å². The van der Waals surface area contributed by atoms with E-state index in [1.54, 1.807) is 36.5 Å². The summed E-state index contributed by atoms with van der Waals surface area (Å²) in [7, 11) is 0. The number of nitrogens with one attached hydrogen (secondary N) is 1. The summed E-state index contributed by atoms with van der Waals surface area (Å²) < 4.78 is 15.5. The third-order valence-electron chi connectivity index (χ3n) is 6.03. The number of piperazine rings is 1. The minimum atomic E-state index is -0.544. The molecule has 2 aromatic heterocycles. The van der Waals surface area contributed by atoms with Gasteiger partial charge in [-0.05, 0) is 54.2 Å². The number of rotatable bonds is 4. The molecule has 1 aliphatic heterocycles. The van der Waals surface area contributed by atoms with Gasteiger partial charge in [-0.1, -0.05) is 18.2 Å². The zero-order valence-electron chi connectivity index (χ0n) is 18.3. The van der Waals surface area contributed by atoms with Gasteiger partial charge in [-0.15, -0.1) is 0 Å². The van der Waals surface area contributed by atoms with E-state index in [9.17, 15) is 14.0 Å². The summed E-state index contributed by atoms with van der Waals surface area (Å²) in [5.74, 6) is -0.640. The first-order chi connectivity index (χ1) is 16.5. The number of amides is 1.